The van der Waals surface area contributed by atoms with Gasteiger partial charge in [0.05, 0.1) is 0 Å². The van der Waals surface area contributed by atoms with Crippen LogP contribution in [0, 0.1) is 5.92 Å². The van der Waals surface area contributed by atoms with Crippen molar-refractivity contribution >= 4 is 5.91 Å². The van der Waals surface area contributed by atoms with Gasteiger partial charge < -0.3 is 15.1 Å². The van der Waals surface area contributed by atoms with Crippen LogP contribution in [-0.2, 0) is 4.79 Å². The third-order valence-corrected chi connectivity index (χ3v) is 3.94. The Balaban J connectivity index is 2.27. The van der Waals surface area contributed by atoms with E-state index < -0.39 is 0 Å². The van der Waals surface area contributed by atoms with Crippen LogP contribution in [0.1, 0.15) is 39.5 Å². The summed E-state index contributed by atoms with van der Waals surface area (Å²) >= 11 is 0. The Labute approximate surface area is 118 Å². The van der Waals surface area contributed by atoms with Crippen molar-refractivity contribution < 1.29 is 4.79 Å². The van der Waals surface area contributed by atoms with Gasteiger partial charge in [0.2, 0.25) is 5.91 Å². The van der Waals surface area contributed by atoms with E-state index >= 15 is 0 Å². The monoisotopic (exact) mass is 269 g/mol. The molecule has 1 saturated heterocycles. The number of carbonyl (C=O) groups is 1. The molecule has 0 saturated carbocycles. The number of nitrogens with zero attached hydrogens (tertiary/aromatic N) is 2. The van der Waals surface area contributed by atoms with Crippen LogP contribution < -0.4 is 5.32 Å². The topological polar surface area (TPSA) is 35.6 Å². The first-order chi connectivity index (χ1) is 9.04. The molecule has 0 aromatic heterocycles. The number of carbonyl (C=O) groups excluding carboxylic acids is 1. The number of piperidine rings is 1. The van der Waals surface area contributed by atoms with Gasteiger partial charge in [0.15, 0.2) is 0 Å². The molecule has 1 N–H and O–H groups in total. The SMILES string of the molecule is CNCCCC(=O)N(C)C1CCN(CC(C)C)CC1. The molecule has 0 atom stereocenters. The molecule has 1 aliphatic heterocycles. The molecular formula is C15H31N3O. The highest BCUT2D eigenvalue weighted by Crippen LogP contribution is 2.17. The number of hydrogen-bond acceptors (Lipinski definition) is 3. The zero-order valence-electron chi connectivity index (χ0n) is 13.1. The third-order valence-electron chi connectivity index (χ3n) is 3.94. The minimum atomic E-state index is 0.303. The van der Waals surface area contributed by atoms with Gasteiger partial charge in [-0.25, -0.2) is 0 Å². The summed E-state index contributed by atoms with van der Waals surface area (Å²) in [6.07, 6.45) is 3.86. The molecule has 0 spiro atoms. The fourth-order valence-electron chi connectivity index (χ4n) is 2.80. The minimum Gasteiger partial charge on any atom is -0.343 e. The van der Waals surface area contributed by atoms with Gasteiger partial charge in [0.25, 0.3) is 0 Å². The molecule has 0 unspecified atom stereocenters. The Bertz CT molecular complexity index is 260. The Morgan fingerprint density at radius 3 is 2.53 bits per heavy atom. The molecule has 1 rings (SSSR count). The average Bonchev–Trinajstić information content (AvgIpc) is 2.38. The predicted molar refractivity (Wildman–Crippen MR) is 80.2 cm³/mol. The van der Waals surface area contributed by atoms with E-state index in [1.165, 1.54) is 6.54 Å². The molecule has 0 bridgehead atoms. The first kappa shape index (κ1) is 16.4. The van der Waals surface area contributed by atoms with Crippen LogP contribution in [0.25, 0.3) is 0 Å². The van der Waals surface area contributed by atoms with Gasteiger partial charge >= 0.3 is 0 Å². The van der Waals surface area contributed by atoms with Gasteiger partial charge in [0.1, 0.15) is 0 Å². The van der Waals surface area contributed by atoms with Crippen LogP contribution in [0.3, 0.4) is 0 Å². The van der Waals surface area contributed by atoms with E-state index in [0.29, 0.717) is 18.4 Å². The van der Waals surface area contributed by atoms with Gasteiger partial charge in [0, 0.05) is 39.1 Å². The van der Waals surface area contributed by atoms with E-state index in [1.54, 1.807) is 0 Å². The molecule has 1 amide bonds. The van der Waals surface area contributed by atoms with E-state index in [1.807, 2.05) is 19.0 Å². The van der Waals surface area contributed by atoms with Crippen molar-refractivity contribution in [1.82, 2.24) is 15.1 Å². The van der Waals surface area contributed by atoms with Crippen molar-refractivity contribution in [3.8, 4) is 0 Å². The second kappa shape index (κ2) is 8.54. The molecule has 1 fully saturated rings. The fraction of sp³-hybridized carbons (Fsp3) is 0.933. The van der Waals surface area contributed by atoms with E-state index in [2.05, 4.69) is 24.1 Å². The van der Waals surface area contributed by atoms with Gasteiger partial charge in [-0.2, -0.15) is 0 Å². The Hall–Kier alpha value is -0.610. The van der Waals surface area contributed by atoms with Crippen molar-refractivity contribution in [2.45, 2.75) is 45.6 Å². The number of rotatable bonds is 7. The van der Waals surface area contributed by atoms with Crippen LogP contribution in [0.4, 0.5) is 0 Å². The van der Waals surface area contributed by atoms with Crippen molar-refractivity contribution in [3.05, 3.63) is 0 Å². The lowest BCUT2D eigenvalue weighted by atomic mass is 10.0. The van der Waals surface area contributed by atoms with E-state index in [9.17, 15) is 4.79 Å². The molecule has 0 aliphatic carbocycles. The molecule has 112 valence electrons. The maximum absolute atomic E-state index is 12.1. The summed E-state index contributed by atoms with van der Waals surface area (Å²) in [6, 6.07) is 0.450. The maximum atomic E-state index is 12.1. The minimum absolute atomic E-state index is 0.303. The molecule has 4 nitrogen and oxygen atoms in total. The predicted octanol–water partition coefficient (Wildman–Crippen LogP) is 1.56. The Kier molecular flexibility index (Phi) is 7.39. The van der Waals surface area contributed by atoms with Crippen molar-refractivity contribution in [3.63, 3.8) is 0 Å². The zero-order valence-corrected chi connectivity index (χ0v) is 13.1. The summed E-state index contributed by atoms with van der Waals surface area (Å²) in [7, 11) is 3.91. The van der Waals surface area contributed by atoms with Crippen molar-refractivity contribution in [2.24, 2.45) is 5.92 Å². The smallest absolute Gasteiger partial charge is 0.222 e. The molecule has 0 radical (unpaired) electrons. The Morgan fingerprint density at radius 2 is 2.00 bits per heavy atom. The highest BCUT2D eigenvalue weighted by molar-refractivity contribution is 5.76. The largest absolute Gasteiger partial charge is 0.343 e. The maximum Gasteiger partial charge on any atom is 0.222 e. The fourth-order valence-corrected chi connectivity index (χ4v) is 2.80. The summed E-state index contributed by atoms with van der Waals surface area (Å²) in [5.41, 5.74) is 0. The second-order valence-electron chi connectivity index (χ2n) is 6.14. The number of amides is 1. The summed E-state index contributed by atoms with van der Waals surface area (Å²) in [4.78, 5) is 16.6. The quantitative estimate of drug-likeness (QED) is 0.713. The van der Waals surface area contributed by atoms with Gasteiger partial charge in [-0.05, 0) is 38.8 Å². The van der Waals surface area contributed by atoms with E-state index in [-0.39, 0.29) is 0 Å². The standard InChI is InChI=1S/C15H31N3O/c1-13(2)12-18-10-7-14(8-11-18)17(4)15(19)6-5-9-16-3/h13-14,16H,5-12H2,1-4H3. The summed E-state index contributed by atoms with van der Waals surface area (Å²) in [6.45, 7) is 8.92. The van der Waals surface area contributed by atoms with Crippen LogP contribution in [0.15, 0.2) is 0 Å². The second-order valence-corrected chi connectivity index (χ2v) is 6.14. The normalized spacial score (nSPS) is 17.9. The lowest BCUT2D eigenvalue weighted by molar-refractivity contribution is -0.132. The van der Waals surface area contributed by atoms with Gasteiger partial charge in [-0.15, -0.1) is 0 Å². The molecular weight excluding hydrogens is 238 g/mol. The molecule has 1 heterocycles. The first-order valence-corrected chi connectivity index (χ1v) is 7.67. The van der Waals surface area contributed by atoms with Gasteiger partial charge in [-0.3, -0.25) is 4.79 Å². The molecule has 4 heteroatoms. The van der Waals surface area contributed by atoms with Crippen molar-refractivity contribution in [1.29, 1.82) is 0 Å². The first-order valence-electron chi connectivity index (χ1n) is 7.67. The summed E-state index contributed by atoms with van der Waals surface area (Å²) < 4.78 is 0. The summed E-state index contributed by atoms with van der Waals surface area (Å²) in [5.74, 6) is 1.04. The summed E-state index contributed by atoms with van der Waals surface area (Å²) in [5, 5.41) is 3.09. The van der Waals surface area contributed by atoms with Crippen molar-refractivity contribution in [2.75, 3.05) is 40.3 Å². The number of likely N-dealkylation sites (tertiary alicyclic amines) is 1. The molecule has 19 heavy (non-hydrogen) atoms. The van der Waals surface area contributed by atoms with E-state index in [0.717, 1.165) is 44.8 Å². The highest BCUT2D eigenvalue weighted by atomic mass is 16.2. The van der Waals surface area contributed by atoms with Gasteiger partial charge in [-0.1, -0.05) is 13.8 Å². The Morgan fingerprint density at radius 1 is 1.37 bits per heavy atom. The molecule has 0 aromatic rings. The van der Waals surface area contributed by atoms with Crippen LogP contribution in [0.2, 0.25) is 0 Å². The lowest BCUT2D eigenvalue weighted by Crippen LogP contribution is -2.46. The highest BCUT2D eigenvalue weighted by Gasteiger charge is 2.25. The number of hydrogen-bond donors (Lipinski definition) is 1. The van der Waals surface area contributed by atoms with Crippen LogP contribution in [-0.4, -0.2) is 62.0 Å². The third kappa shape index (κ3) is 5.91. The lowest BCUT2D eigenvalue weighted by Gasteiger charge is -2.37. The average molecular weight is 269 g/mol. The zero-order chi connectivity index (χ0) is 14.3. The van der Waals surface area contributed by atoms with Crippen LogP contribution in [0.5, 0.6) is 0 Å². The van der Waals surface area contributed by atoms with E-state index in [4.69, 9.17) is 0 Å². The number of nitrogens with one attached hydrogen (secondary N) is 1. The molecule has 1 aliphatic rings. The molecule has 0 aromatic carbocycles. The van der Waals surface area contributed by atoms with Crippen LogP contribution >= 0.6 is 0 Å².